The second kappa shape index (κ2) is 10.1. The molecule has 168 valence electrons. The minimum Gasteiger partial charge on any atom is -0.379 e. The van der Waals surface area contributed by atoms with Gasteiger partial charge in [-0.25, -0.2) is 13.4 Å². The SMILES string of the molecule is O=C(CSc1n[nH]c(CC2CCCC2)n1)Nc1cccc(S(=O)(=O)N2CCOCC2)c1. The first-order chi connectivity index (χ1) is 15.0. The number of morpholine rings is 1. The van der Waals surface area contributed by atoms with E-state index in [1.54, 1.807) is 12.1 Å². The minimum atomic E-state index is -3.61. The molecule has 2 aromatic rings. The van der Waals surface area contributed by atoms with E-state index >= 15 is 0 Å². The van der Waals surface area contributed by atoms with Gasteiger partial charge in [-0.2, -0.15) is 4.31 Å². The molecule has 0 spiro atoms. The lowest BCUT2D eigenvalue weighted by atomic mass is 10.0. The van der Waals surface area contributed by atoms with E-state index in [4.69, 9.17) is 4.74 Å². The number of carbonyl (C=O) groups is 1. The Morgan fingerprint density at radius 1 is 1.26 bits per heavy atom. The summed E-state index contributed by atoms with van der Waals surface area (Å²) < 4.78 is 32.2. The Hall–Kier alpha value is -1.95. The van der Waals surface area contributed by atoms with Crippen molar-refractivity contribution >= 4 is 33.4 Å². The van der Waals surface area contributed by atoms with Crippen LogP contribution in [0.4, 0.5) is 5.69 Å². The molecule has 2 aliphatic rings. The predicted molar refractivity (Wildman–Crippen MR) is 117 cm³/mol. The number of sulfonamides is 1. The predicted octanol–water partition coefficient (Wildman–Crippen LogP) is 2.29. The third-order valence-electron chi connectivity index (χ3n) is 5.53. The molecule has 0 bridgehead atoms. The number of thioether (sulfide) groups is 1. The number of nitrogens with zero attached hydrogens (tertiary/aromatic N) is 3. The van der Waals surface area contributed by atoms with E-state index in [0.717, 1.165) is 12.2 Å². The number of hydrogen-bond donors (Lipinski definition) is 2. The number of aromatic amines is 1. The first kappa shape index (κ1) is 22.3. The molecule has 4 rings (SSSR count). The van der Waals surface area contributed by atoms with Gasteiger partial charge in [-0.05, 0) is 24.1 Å². The summed E-state index contributed by atoms with van der Waals surface area (Å²) in [4.78, 5) is 17.0. The summed E-state index contributed by atoms with van der Waals surface area (Å²) in [6.45, 7) is 1.43. The minimum absolute atomic E-state index is 0.140. The van der Waals surface area contributed by atoms with E-state index in [1.807, 2.05) is 0 Å². The van der Waals surface area contributed by atoms with Crippen molar-refractivity contribution in [1.29, 1.82) is 0 Å². The van der Waals surface area contributed by atoms with Crippen LogP contribution in [-0.4, -0.2) is 65.9 Å². The molecule has 2 heterocycles. The van der Waals surface area contributed by atoms with Gasteiger partial charge in [-0.3, -0.25) is 9.89 Å². The third-order valence-corrected chi connectivity index (χ3v) is 8.27. The quantitative estimate of drug-likeness (QED) is 0.574. The summed E-state index contributed by atoms with van der Waals surface area (Å²) in [5, 5.41) is 10.5. The third kappa shape index (κ3) is 5.85. The molecule has 1 aliphatic carbocycles. The first-order valence-electron chi connectivity index (χ1n) is 10.5. The van der Waals surface area contributed by atoms with Gasteiger partial charge in [0.05, 0.1) is 23.9 Å². The van der Waals surface area contributed by atoms with Crippen LogP contribution in [0.3, 0.4) is 0 Å². The molecule has 31 heavy (non-hydrogen) atoms. The molecule has 1 aromatic carbocycles. The number of ether oxygens (including phenoxy) is 1. The number of carbonyl (C=O) groups excluding carboxylic acids is 1. The summed E-state index contributed by atoms with van der Waals surface area (Å²) in [5.41, 5.74) is 0.442. The van der Waals surface area contributed by atoms with Crippen LogP contribution in [0.25, 0.3) is 0 Å². The highest BCUT2D eigenvalue weighted by atomic mass is 32.2. The molecule has 0 atom stereocenters. The van der Waals surface area contributed by atoms with Gasteiger partial charge >= 0.3 is 0 Å². The van der Waals surface area contributed by atoms with Crippen molar-refractivity contribution in [2.24, 2.45) is 5.92 Å². The van der Waals surface area contributed by atoms with Crippen LogP contribution >= 0.6 is 11.8 Å². The normalized spacial score (nSPS) is 18.3. The monoisotopic (exact) mass is 465 g/mol. The fourth-order valence-corrected chi connectivity index (χ4v) is 5.99. The van der Waals surface area contributed by atoms with E-state index < -0.39 is 10.0 Å². The average Bonchev–Trinajstić information content (AvgIpc) is 3.46. The van der Waals surface area contributed by atoms with Crippen LogP contribution in [0.5, 0.6) is 0 Å². The molecule has 9 nitrogen and oxygen atoms in total. The van der Waals surface area contributed by atoms with E-state index in [0.29, 0.717) is 43.1 Å². The van der Waals surface area contributed by atoms with Crippen molar-refractivity contribution in [2.45, 2.75) is 42.2 Å². The zero-order chi connectivity index (χ0) is 21.7. The number of hydrogen-bond acceptors (Lipinski definition) is 7. The Labute approximate surface area is 186 Å². The molecule has 0 radical (unpaired) electrons. The molecule has 2 fully saturated rings. The molecule has 1 aliphatic heterocycles. The smallest absolute Gasteiger partial charge is 0.243 e. The van der Waals surface area contributed by atoms with Crippen molar-refractivity contribution in [3.8, 4) is 0 Å². The molecule has 1 amide bonds. The highest BCUT2D eigenvalue weighted by Gasteiger charge is 2.26. The Morgan fingerprint density at radius 3 is 2.81 bits per heavy atom. The van der Waals surface area contributed by atoms with Crippen molar-refractivity contribution in [3.05, 3.63) is 30.1 Å². The van der Waals surface area contributed by atoms with E-state index in [9.17, 15) is 13.2 Å². The Kier molecular flexibility index (Phi) is 7.26. The number of H-pyrrole nitrogens is 1. The van der Waals surface area contributed by atoms with Gasteiger partial charge < -0.3 is 10.1 Å². The number of rotatable bonds is 8. The largest absolute Gasteiger partial charge is 0.379 e. The molecular formula is C20H27N5O4S2. The number of amides is 1. The van der Waals surface area contributed by atoms with Gasteiger partial charge in [-0.15, -0.1) is 5.10 Å². The number of nitrogens with one attached hydrogen (secondary N) is 2. The standard InChI is InChI=1S/C20H27N5O4S2/c26-19(14-30-20-22-18(23-24-20)12-15-4-1-2-5-15)21-16-6-3-7-17(13-16)31(27,28)25-8-10-29-11-9-25/h3,6-7,13,15H,1-2,4-5,8-12,14H2,(H,21,26)(H,22,23,24). The van der Waals surface area contributed by atoms with Crippen LogP contribution in [0, 0.1) is 5.92 Å². The highest BCUT2D eigenvalue weighted by Crippen LogP contribution is 2.27. The Balaban J connectivity index is 1.30. The second-order valence-corrected chi connectivity index (χ2v) is 10.7. The average molecular weight is 466 g/mol. The van der Waals surface area contributed by atoms with Crippen molar-refractivity contribution in [3.63, 3.8) is 0 Å². The lowest BCUT2D eigenvalue weighted by Gasteiger charge is -2.26. The van der Waals surface area contributed by atoms with Crippen LogP contribution < -0.4 is 5.32 Å². The summed E-state index contributed by atoms with van der Waals surface area (Å²) in [5.74, 6) is 1.44. The Morgan fingerprint density at radius 2 is 2.03 bits per heavy atom. The second-order valence-electron chi connectivity index (χ2n) is 7.80. The topological polar surface area (TPSA) is 117 Å². The maximum Gasteiger partial charge on any atom is 0.243 e. The van der Waals surface area contributed by atoms with Crippen molar-refractivity contribution < 1.29 is 17.9 Å². The summed E-state index contributed by atoms with van der Waals surface area (Å²) in [6.07, 6.45) is 5.97. The van der Waals surface area contributed by atoms with E-state index in [1.165, 1.54) is 53.9 Å². The number of aromatic nitrogens is 3. The molecule has 1 saturated carbocycles. The molecule has 1 saturated heterocycles. The lowest BCUT2D eigenvalue weighted by Crippen LogP contribution is -2.40. The van der Waals surface area contributed by atoms with Gasteiger partial charge in [0.25, 0.3) is 0 Å². The molecule has 1 aromatic heterocycles. The number of benzene rings is 1. The van der Waals surface area contributed by atoms with Crippen LogP contribution in [0.2, 0.25) is 0 Å². The molecule has 0 unspecified atom stereocenters. The Bertz CT molecular complexity index is 999. The number of anilines is 1. The maximum absolute atomic E-state index is 12.8. The van der Waals surface area contributed by atoms with Gasteiger partial charge in [0, 0.05) is 25.2 Å². The highest BCUT2D eigenvalue weighted by molar-refractivity contribution is 7.99. The van der Waals surface area contributed by atoms with Gasteiger partial charge in [0.2, 0.25) is 21.1 Å². The first-order valence-corrected chi connectivity index (χ1v) is 13.0. The van der Waals surface area contributed by atoms with Crippen molar-refractivity contribution in [2.75, 3.05) is 37.4 Å². The summed E-state index contributed by atoms with van der Waals surface area (Å²) in [6, 6.07) is 6.32. The van der Waals surface area contributed by atoms with Gasteiger partial charge in [-0.1, -0.05) is 43.5 Å². The van der Waals surface area contributed by atoms with Crippen molar-refractivity contribution in [1.82, 2.24) is 19.5 Å². The zero-order valence-electron chi connectivity index (χ0n) is 17.2. The van der Waals surface area contributed by atoms with E-state index in [2.05, 4.69) is 20.5 Å². The molecule has 2 N–H and O–H groups in total. The van der Waals surface area contributed by atoms with Gasteiger partial charge in [0.1, 0.15) is 5.82 Å². The fourth-order valence-electron chi connectivity index (χ4n) is 3.92. The maximum atomic E-state index is 12.8. The van der Waals surface area contributed by atoms with Crippen LogP contribution in [0.1, 0.15) is 31.5 Å². The van der Waals surface area contributed by atoms with Gasteiger partial charge in [0.15, 0.2) is 0 Å². The lowest BCUT2D eigenvalue weighted by molar-refractivity contribution is -0.113. The molecule has 11 heteroatoms. The zero-order valence-corrected chi connectivity index (χ0v) is 18.9. The van der Waals surface area contributed by atoms with E-state index in [-0.39, 0.29) is 16.6 Å². The summed E-state index contributed by atoms with van der Waals surface area (Å²) >= 11 is 1.25. The van der Waals surface area contributed by atoms with Crippen LogP contribution in [-0.2, 0) is 26.0 Å². The summed E-state index contributed by atoms with van der Waals surface area (Å²) in [7, 11) is -3.61. The molecular weight excluding hydrogens is 438 g/mol. The van der Waals surface area contributed by atoms with Crippen LogP contribution in [0.15, 0.2) is 34.3 Å². The fraction of sp³-hybridized carbons (Fsp3) is 0.550.